The third-order valence-corrected chi connectivity index (χ3v) is 4.16. The summed E-state index contributed by atoms with van der Waals surface area (Å²) in [6, 6.07) is 7.92. The molecule has 3 nitrogen and oxygen atoms in total. The van der Waals surface area contributed by atoms with Crippen LogP contribution in [0.1, 0.15) is 16.6 Å². The first kappa shape index (κ1) is 11.4. The van der Waals surface area contributed by atoms with Crippen LogP contribution in [0.15, 0.2) is 34.2 Å². The van der Waals surface area contributed by atoms with Crippen LogP contribution >= 0.6 is 27.3 Å². The van der Waals surface area contributed by atoms with Crippen LogP contribution in [0.3, 0.4) is 0 Å². The van der Waals surface area contributed by atoms with Crippen molar-refractivity contribution < 1.29 is 0 Å². The van der Waals surface area contributed by atoms with E-state index in [1.807, 2.05) is 28.3 Å². The zero-order chi connectivity index (χ0) is 11.5. The molecule has 0 fully saturated rings. The van der Waals surface area contributed by atoms with Crippen LogP contribution in [-0.2, 0) is 0 Å². The van der Waals surface area contributed by atoms with E-state index in [0.717, 1.165) is 9.35 Å². The highest BCUT2D eigenvalue weighted by Gasteiger charge is 2.15. The van der Waals surface area contributed by atoms with E-state index in [2.05, 4.69) is 22.0 Å². The first-order chi connectivity index (χ1) is 7.76. The molecule has 0 aliphatic carbocycles. The molecular formula is C11H10BrN3S. The lowest BCUT2D eigenvalue weighted by atomic mass is 10.2. The molecule has 0 bridgehead atoms. The summed E-state index contributed by atoms with van der Waals surface area (Å²) in [5.41, 5.74) is 6.43. The molecule has 2 rings (SSSR count). The van der Waals surface area contributed by atoms with Crippen molar-refractivity contribution >= 4 is 27.3 Å². The number of thiophene rings is 1. The maximum atomic E-state index is 8.99. The van der Waals surface area contributed by atoms with Crippen molar-refractivity contribution in [3.8, 4) is 6.07 Å². The molecule has 82 valence electrons. The highest BCUT2D eigenvalue weighted by Crippen LogP contribution is 2.28. The number of nitrogens with zero attached hydrogens (tertiary/aromatic N) is 2. The lowest BCUT2D eigenvalue weighted by Gasteiger charge is -2.16. The minimum atomic E-state index is 0.0425. The van der Waals surface area contributed by atoms with E-state index in [9.17, 15) is 0 Å². The van der Waals surface area contributed by atoms with Crippen molar-refractivity contribution in [2.24, 2.45) is 5.73 Å². The maximum absolute atomic E-state index is 8.99. The first-order valence-electron chi connectivity index (χ1n) is 4.77. The molecule has 0 aliphatic rings. The van der Waals surface area contributed by atoms with E-state index in [0.29, 0.717) is 12.2 Å². The van der Waals surface area contributed by atoms with Gasteiger partial charge in [0.1, 0.15) is 11.8 Å². The summed E-state index contributed by atoms with van der Waals surface area (Å²) < 4.78 is 2.97. The predicted molar refractivity (Wildman–Crippen MR) is 68.4 cm³/mol. The van der Waals surface area contributed by atoms with E-state index in [-0.39, 0.29) is 6.04 Å². The monoisotopic (exact) mass is 295 g/mol. The average molecular weight is 296 g/mol. The molecule has 1 unspecified atom stereocenters. The van der Waals surface area contributed by atoms with Gasteiger partial charge in [-0.15, -0.1) is 11.3 Å². The second kappa shape index (κ2) is 4.83. The van der Waals surface area contributed by atoms with E-state index in [1.54, 1.807) is 17.4 Å². The zero-order valence-electron chi connectivity index (χ0n) is 8.43. The Hall–Kier alpha value is -1.09. The quantitative estimate of drug-likeness (QED) is 0.946. The van der Waals surface area contributed by atoms with Gasteiger partial charge in [0.05, 0.1) is 6.04 Å². The molecule has 0 aromatic carbocycles. The van der Waals surface area contributed by atoms with Gasteiger partial charge in [0.25, 0.3) is 0 Å². The third kappa shape index (κ3) is 2.05. The smallest absolute Gasteiger partial charge is 0.120 e. The summed E-state index contributed by atoms with van der Waals surface area (Å²) >= 11 is 5.07. The summed E-state index contributed by atoms with van der Waals surface area (Å²) in [5.74, 6) is 0. The van der Waals surface area contributed by atoms with E-state index in [1.165, 1.54) is 0 Å². The summed E-state index contributed by atoms with van der Waals surface area (Å²) in [7, 11) is 0. The van der Waals surface area contributed by atoms with Gasteiger partial charge in [0.15, 0.2) is 0 Å². The Morgan fingerprint density at radius 2 is 2.44 bits per heavy atom. The highest BCUT2D eigenvalue weighted by atomic mass is 79.9. The fourth-order valence-corrected chi connectivity index (χ4v) is 3.19. The second-order valence-electron chi connectivity index (χ2n) is 3.33. The predicted octanol–water partition coefficient (Wildman–Crippen LogP) is 2.73. The molecule has 5 heteroatoms. The minimum Gasteiger partial charge on any atom is -0.330 e. The summed E-state index contributed by atoms with van der Waals surface area (Å²) in [6.07, 6.45) is 1.89. The Morgan fingerprint density at radius 1 is 1.62 bits per heavy atom. The minimum absolute atomic E-state index is 0.0425. The Kier molecular flexibility index (Phi) is 3.44. The summed E-state index contributed by atoms with van der Waals surface area (Å²) in [5, 5.41) is 11.0. The number of hydrogen-bond acceptors (Lipinski definition) is 3. The molecule has 2 aromatic heterocycles. The Bertz CT molecular complexity index is 523. The molecule has 0 saturated heterocycles. The number of halogens is 1. The van der Waals surface area contributed by atoms with Crippen LogP contribution in [0, 0.1) is 11.3 Å². The van der Waals surface area contributed by atoms with Crippen LogP contribution in [0.5, 0.6) is 0 Å². The van der Waals surface area contributed by atoms with Crippen molar-refractivity contribution in [2.75, 3.05) is 6.54 Å². The van der Waals surface area contributed by atoms with Gasteiger partial charge < -0.3 is 10.3 Å². The SMILES string of the molecule is N#Cc1cccn1C(CN)c1cc(Br)cs1. The van der Waals surface area contributed by atoms with E-state index < -0.39 is 0 Å². The summed E-state index contributed by atoms with van der Waals surface area (Å²) in [6.45, 7) is 0.482. The van der Waals surface area contributed by atoms with E-state index >= 15 is 0 Å². The molecule has 0 saturated carbocycles. The largest absolute Gasteiger partial charge is 0.330 e. The number of hydrogen-bond donors (Lipinski definition) is 1. The van der Waals surface area contributed by atoms with Gasteiger partial charge in [-0.2, -0.15) is 5.26 Å². The van der Waals surface area contributed by atoms with Crippen LogP contribution in [0.2, 0.25) is 0 Å². The first-order valence-corrected chi connectivity index (χ1v) is 6.44. The fourth-order valence-electron chi connectivity index (χ4n) is 1.63. The van der Waals surface area contributed by atoms with Gasteiger partial charge in [-0.05, 0) is 34.1 Å². The standard InChI is InChI=1S/C11H10BrN3S/c12-8-4-11(16-7-8)10(6-14)15-3-1-2-9(15)5-13/h1-4,7,10H,6,14H2. The lowest BCUT2D eigenvalue weighted by Crippen LogP contribution is -2.19. The van der Waals surface area contributed by atoms with Gasteiger partial charge in [-0.25, -0.2) is 0 Å². The molecule has 2 N–H and O–H groups in total. The van der Waals surface area contributed by atoms with E-state index in [4.69, 9.17) is 11.0 Å². The van der Waals surface area contributed by atoms with Gasteiger partial charge in [-0.3, -0.25) is 0 Å². The zero-order valence-corrected chi connectivity index (χ0v) is 10.8. The highest BCUT2D eigenvalue weighted by molar-refractivity contribution is 9.10. The normalized spacial score (nSPS) is 12.3. The topological polar surface area (TPSA) is 54.7 Å². The Labute approximate surface area is 106 Å². The molecule has 0 spiro atoms. The molecule has 2 heterocycles. The van der Waals surface area contributed by atoms with Crippen LogP contribution in [0.4, 0.5) is 0 Å². The van der Waals surface area contributed by atoms with Crippen molar-refractivity contribution in [1.29, 1.82) is 5.26 Å². The van der Waals surface area contributed by atoms with Gasteiger partial charge in [0.2, 0.25) is 0 Å². The van der Waals surface area contributed by atoms with Crippen molar-refractivity contribution in [3.63, 3.8) is 0 Å². The van der Waals surface area contributed by atoms with Crippen LogP contribution < -0.4 is 5.73 Å². The third-order valence-electron chi connectivity index (χ3n) is 2.37. The molecule has 0 radical (unpaired) electrons. The molecule has 2 aromatic rings. The lowest BCUT2D eigenvalue weighted by molar-refractivity contribution is 0.601. The van der Waals surface area contributed by atoms with Crippen molar-refractivity contribution in [3.05, 3.63) is 44.8 Å². The number of aromatic nitrogens is 1. The molecule has 0 aliphatic heterocycles. The Morgan fingerprint density at radius 3 is 3.00 bits per heavy atom. The average Bonchev–Trinajstić information content (AvgIpc) is 2.89. The van der Waals surface area contributed by atoms with Gasteiger partial charge >= 0.3 is 0 Å². The molecule has 1 atom stereocenters. The van der Waals surface area contributed by atoms with Crippen molar-refractivity contribution in [2.45, 2.75) is 6.04 Å². The summed E-state index contributed by atoms with van der Waals surface area (Å²) in [4.78, 5) is 1.15. The van der Waals surface area contributed by atoms with Gasteiger partial charge in [0, 0.05) is 27.5 Å². The Balaban J connectivity index is 2.41. The maximum Gasteiger partial charge on any atom is 0.120 e. The molecule has 0 amide bonds. The van der Waals surface area contributed by atoms with Crippen LogP contribution in [-0.4, -0.2) is 11.1 Å². The van der Waals surface area contributed by atoms with Crippen molar-refractivity contribution in [1.82, 2.24) is 4.57 Å². The van der Waals surface area contributed by atoms with Crippen LogP contribution in [0.25, 0.3) is 0 Å². The van der Waals surface area contributed by atoms with Gasteiger partial charge in [-0.1, -0.05) is 0 Å². The second-order valence-corrected chi connectivity index (χ2v) is 5.19. The molecular weight excluding hydrogens is 286 g/mol. The number of rotatable bonds is 3. The number of nitrogens with two attached hydrogens (primary N) is 1. The fraction of sp³-hybridized carbons (Fsp3) is 0.182. The molecule has 16 heavy (non-hydrogen) atoms. The number of nitriles is 1.